The molecule has 5 atom stereocenters. The SMILES string of the molecule is CCOc1ccc(N2CC=C[C@@]3(CC)O[C@]45C=CCN(c6ccccc6Cl)C(=O)C4N(CCO)C(=O)[C@@H]5[C@H]3C2=O)cc1. The number of para-hydroxylation sites is 1. The fourth-order valence-electron chi connectivity index (χ4n) is 7.12. The van der Waals surface area contributed by atoms with E-state index in [0.29, 0.717) is 41.7 Å². The van der Waals surface area contributed by atoms with Crippen molar-refractivity contribution in [3.63, 3.8) is 0 Å². The molecule has 1 unspecified atom stereocenters. The summed E-state index contributed by atoms with van der Waals surface area (Å²) in [5.41, 5.74) is -1.33. The number of β-amino-alcohol motifs (C(OH)–C–C–N with tert-alkyl or cyclic N) is 1. The van der Waals surface area contributed by atoms with Gasteiger partial charge in [-0.3, -0.25) is 14.4 Å². The number of rotatable bonds is 7. The van der Waals surface area contributed by atoms with Crippen molar-refractivity contribution in [1.82, 2.24) is 4.90 Å². The number of anilines is 2. The summed E-state index contributed by atoms with van der Waals surface area (Å²) in [5.74, 6) is -2.18. The second-order valence-corrected chi connectivity index (χ2v) is 11.4. The van der Waals surface area contributed by atoms with E-state index in [1.54, 1.807) is 40.1 Å². The highest BCUT2D eigenvalue weighted by atomic mass is 35.5. The van der Waals surface area contributed by atoms with Crippen molar-refractivity contribution >= 4 is 40.7 Å². The molecule has 3 amide bonds. The van der Waals surface area contributed by atoms with Crippen molar-refractivity contribution < 1.29 is 29.0 Å². The van der Waals surface area contributed by atoms with Crippen molar-refractivity contribution in [2.75, 3.05) is 42.6 Å². The summed E-state index contributed by atoms with van der Waals surface area (Å²) >= 11 is 6.50. The van der Waals surface area contributed by atoms with E-state index < -0.39 is 29.1 Å². The number of amides is 3. The number of aliphatic hydroxyl groups is 1. The minimum Gasteiger partial charge on any atom is -0.494 e. The Morgan fingerprint density at radius 1 is 0.929 bits per heavy atom. The van der Waals surface area contributed by atoms with Crippen LogP contribution in [-0.4, -0.2) is 77.8 Å². The second-order valence-electron chi connectivity index (χ2n) is 11.0. The highest BCUT2D eigenvalue weighted by Gasteiger charge is 2.75. The summed E-state index contributed by atoms with van der Waals surface area (Å²) in [7, 11) is 0. The van der Waals surface area contributed by atoms with Crippen LogP contribution in [0.5, 0.6) is 5.75 Å². The molecule has 9 nitrogen and oxygen atoms in total. The molecule has 0 bridgehead atoms. The van der Waals surface area contributed by atoms with E-state index in [2.05, 4.69) is 0 Å². The van der Waals surface area contributed by atoms with Gasteiger partial charge in [-0.05, 0) is 49.7 Å². The quantitative estimate of drug-likeness (QED) is 0.494. The lowest BCUT2D eigenvalue weighted by molar-refractivity contribution is -0.146. The highest BCUT2D eigenvalue weighted by Crippen LogP contribution is 2.58. The zero-order valence-corrected chi connectivity index (χ0v) is 24.4. The normalized spacial score (nSPS) is 30.2. The largest absolute Gasteiger partial charge is 0.494 e. The molecule has 220 valence electrons. The van der Waals surface area contributed by atoms with Gasteiger partial charge in [-0.2, -0.15) is 0 Å². The number of carbonyl (C=O) groups is 3. The molecular weight excluding hydrogens is 558 g/mol. The first-order chi connectivity index (χ1) is 20.3. The number of carbonyl (C=O) groups excluding carboxylic acids is 3. The fraction of sp³-hybridized carbons (Fsp3) is 0.406. The number of ether oxygens (including phenoxy) is 2. The molecule has 4 heterocycles. The Hall–Kier alpha value is -3.66. The lowest BCUT2D eigenvalue weighted by Gasteiger charge is -2.38. The number of hydrogen-bond donors (Lipinski definition) is 1. The van der Waals surface area contributed by atoms with Gasteiger partial charge in [0.1, 0.15) is 17.4 Å². The fourth-order valence-corrected chi connectivity index (χ4v) is 7.35. The molecule has 6 rings (SSSR count). The van der Waals surface area contributed by atoms with Crippen LogP contribution in [0.4, 0.5) is 11.4 Å². The molecule has 2 saturated heterocycles. The Morgan fingerprint density at radius 2 is 1.64 bits per heavy atom. The number of benzene rings is 2. The molecule has 1 spiro atoms. The molecular formula is C32H34ClN3O6. The molecule has 4 aliphatic heterocycles. The van der Waals surface area contributed by atoms with Crippen LogP contribution in [0.3, 0.4) is 0 Å². The van der Waals surface area contributed by atoms with E-state index in [1.807, 2.05) is 56.3 Å². The van der Waals surface area contributed by atoms with Crippen LogP contribution >= 0.6 is 11.6 Å². The summed E-state index contributed by atoms with van der Waals surface area (Å²) < 4.78 is 12.5. The molecule has 4 aliphatic rings. The molecule has 0 aliphatic carbocycles. The zero-order valence-electron chi connectivity index (χ0n) is 23.6. The monoisotopic (exact) mass is 591 g/mol. The van der Waals surface area contributed by atoms with Crippen LogP contribution in [0, 0.1) is 11.8 Å². The summed E-state index contributed by atoms with van der Waals surface area (Å²) in [6.07, 6.45) is 7.83. The maximum atomic E-state index is 14.5. The first kappa shape index (κ1) is 28.5. The minimum absolute atomic E-state index is 0.0699. The first-order valence-corrected chi connectivity index (χ1v) is 14.8. The summed E-state index contributed by atoms with van der Waals surface area (Å²) in [6, 6.07) is 13.2. The van der Waals surface area contributed by atoms with Gasteiger partial charge in [0.25, 0.3) is 5.91 Å². The number of nitrogens with zero attached hydrogens (tertiary/aromatic N) is 3. The van der Waals surface area contributed by atoms with Crippen molar-refractivity contribution in [1.29, 1.82) is 0 Å². The third-order valence-electron chi connectivity index (χ3n) is 8.88. The van der Waals surface area contributed by atoms with Crippen molar-refractivity contribution in [2.45, 2.75) is 37.5 Å². The molecule has 1 N–H and O–H groups in total. The molecule has 2 fully saturated rings. The maximum absolute atomic E-state index is 14.5. The van der Waals surface area contributed by atoms with E-state index in [-0.39, 0.29) is 37.4 Å². The Bertz CT molecular complexity index is 1460. The standard InChI is InChI=1S/C32H34ClN3O6/c1-3-31-15-7-17-34(21-11-13-22(14-12-21)41-4-2)28(38)25(31)26-29(39)36(19-20-37)27-30(40)35(18-8-16-32(26,27)42-31)24-10-6-5-9-23(24)33/h5-16,25-27,37H,3-4,17-20H2,1-2H3/t25-,26-,27?,31+,32-/m0/s1. The van der Waals surface area contributed by atoms with E-state index >= 15 is 0 Å². The number of aliphatic hydroxyl groups excluding tert-OH is 1. The Labute approximate surface area is 249 Å². The Morgan fingerprint density at radius 3 is 2.33 bits per heavy atom. The van der Waals surface area contributed by atoms with Crippen LogP contribution in [0.1, 0.15) is 20.3 Å². The second kappa shape index (κ2) is 10.9. The van der Waals surface area contributed by atoms with Gasteiger partial charge >= 0.3 is 0 Å². The minimum atomic E-state index is -1.41. The van der Waals surface area contributed by atoms with Gasteiger partial charge in [-0.25, -0.2) is 0 Å². The molecule has 0 radical (unpaired) electrons. The van der Waals surface area contributed by atoms with Crippen LogP contribution in [0.2, 0.25) is 5.02 Å². The predicted octanol–water partition coefficient (Wildman–Crippen LogP) is 3.60. The third-order valence-corrected chi connectivity index (χ3v) is 9.20. The molecule has 10 heteroatoms. The number of hydrogen-bond acceptors (Lipinski definition) is 6. The van der Waals surface area contributed by atoms with E-state index in [9.17, 15) is 19.5 Å². The molecule has 2 aromatic rings. The van der Waals surface area contributed by atoms with Gasteiger partial charge in [-0.1, -0.05) is 55.0 Å². The predicted molar refractivity (Wildman–Crippen MR) is 158 cm³/mol. The van der Waals surface area contributed by atoms with Crippen molar-refractivity contribution in [3.8, 4) is 5.75 Å². The Balaban J connectivity index is 1.45. The van der Waals surface area contributed by atoms with Gasteiger partial charge in [-0.15, -0.1) is 0 Å². The number of halogens is 1. The van der Waals surface area contributed by atoms with E-state index in [1.165, 1.54) is 4.90 Å². The van der Waals surface area contributed by atoms with Gasteiger partial charge in [0.15, 0.2) is 0 Å². The lowest BCUT2D eigenvalue weighted by atomic mass is 9.73. The third kappa shape index (κ3) is 4.17. The summed E-state index contributed by atoms with van der Waals surface area (Å²) in [5, 5.41) is 10.4. The molecule has 2 aromatic carbocycles. The summed E-state index contributed by atoms with van der Waals surface area (Å²) in [6.45, 7) is 4.47. The van der Waals surface area contributed by atoms with Gasteiger partial charge in [0, 0.05) is 25.3 Å². The molecule has 0 saturated carbocycles. The topological polar surface area (TPSA) is 99.6 Å². The van der Waals surface area contributed by atoms with Crippen molar-refractivity contribution in [2.24, 2.45) is 11.8 Å². The highest BCUT2D eigenvalue weighted by molar-refractivity contribution is 6.34. The van der Waals surface area contributed by atoms with Crippen LogP contribution < -0.4 is 14.5 Å². The van der Waals surface area contributed by atoms with E-state index in [4.69, 9.17) is 21.1 Å². The summed E-state index contributed by atoms with van der Waals surface area (Å²) in [4.78, 5) is 47.9. The molecule has 0 aromatic heterocycles. The first-order valence-electron chi connectivity index (χ1n) is 14.4. The average molecular weight is 592 g/mol. The van der Waals surface area contributed by atoms with Crippen LogP contribution in [0.15, 0.2) is 72.8 Å². The van der Waals surface area contributed by atoms with Crippen LogP contribution in [-0.2, 0) is 19.1 Å². The number of fused-ring (bicyclic) bond motifs is 2. The smallest absolute Gasteiger partial charge is 0.253 e. The van der Waals surface area contributed by atoms with Crippen molar-refractivity contribution in [3.05, 3.63) is 77.9 Å². The maximum Gasteiger partial charge on any atom is 0.253 e. The lowest BCUT2D eigenvalue weighted by Crippen LogP contribution is -2.56. The Kier molecular flexibility index (Phi) is 7.37. The van der Waals surface area contributed by atoms with E-state index in [0.717, 1.165) is 0 Å². The van der Waals surface area contributed by atoms with Crippen LogP contribution in [0.25, 0.3) is 0 Å². The average Bonchev–Trinajstić information content (AvgIpc) is 3.27. The van der Waals surface area contributed by atoms with Gasteiger partial charge < -0.3 is 29.3 Å². The number of likely N-dealkylation sites (tertiary alicyclic amines) is 1. The zero-order chi connectivity index (χ0) is 29.6. The molecule has 42 heavy (non-hydrogen) atoms. The van der Waals surface area contributed by atoms with Gasteiger partial charge in [0.2, 0.25) is 11.8 Å². The van der Waals surface area contributed by atoms with Gasteiger partial charge in [0.05, 0.1) is 41.4 Å².